The summed E-state index contributed by atoms with van der Waals surface area (Å²) in [4.78, 5) is 30.9. The van der Waals surface area contributed by atoms with Gasteiger partial charge in [-0.05, 0) is 58.8 Å². The predicted molar refractivity (Wildman–Crippen MR) is 118 cm³/mol. The first-order chi connectivity index (χ1) is 13.0. The second-order valence-corrected chi connectivity index (χ2v) is 8.58. The van der Waals surface area contributed by atoms with Crippen LogP contribution in [0.5, 0.6) is 0 Å². The van der Waals surface area contributed by atoms with Gasteiger partial charge in [0.2, 0.25) is 11.8 Å². The minimum atomic E-state index is -0.452. The summed E-state index contributed by atoms with van der Waals surface area (Å²) in [6.07, 6.45) is 0.950. The van der Waals surface area contributed by atoms with Gasteiger partial charge in [0, 0.05) is 23.6 Å². The molecule has 0 saturated carbocycles. The smallest absolute Gasteiger partial charge is 0.234 e. The molecule has 3 rings (SSSR count). The number of carbonyl (C=O) groups is 2. The van der Waals surface area contributed by atoms with Gasteiger partial charge in [-0.2, -0.15) is 0 Å². The second-order valence-electron chi connectivity index (χ2n) is 6.16. The number of aliphatic imine (C=N–C) groups is 1. The Morgan fingerprint density at radius 1 is 1.22 bits per heavy atom. The summed E-state index contributed by atoms with van der Waals surface area (Å²) in [5.74, 6) is -0.214. The molecule has 1 atom stereocenters. The molecule has 2 aromatic rings. The van der Waals surface area contributed by atoms with Gasteiger partial charge < -0.3 is 5.32 Å². The monoisotopic (exact) mass is 493 g/mol. The van der Waals surface area contributed by atoms with Crippen LogP contribution in [0.15, 0.2) is 59.6 Å². The molecule has 0 aromatic heterocycles. The Balaban J connectivity index is 1.62. The second kappa shape index (κ2) is 9.36. The first-order valence-electron chi connectivity index (χ1n) is 8.62. The Kier molecular flexibility index (Phi) is 6.89. The molecule has 1 aliphatic heterocycles. The third-order valence-electron chi connectivity index (χ3n) is 4.17. The first-order valence-corrected chi connectivity index (χ1v) is 10.6. The van der Waals surface area contributed by atoms with Crippen LogP contribution in [0.25, 0.3) is 0 Å². The highest BCUT2D eigenvalue weighted by atomic mass is 127. The maximum absolute atomic E-state index is 12.5. The van der Waals surface area contributed by atoms with Crippen LogP contribution in [0.3, 0.4) is 0 Å². The lowest BCUT2D eigenvalue weighted by Crippen LogP contribution is -2.45. The average Bonchev–Trinajstić information content (AvgIpc) is 2.67. The van der Waals surface area contributed by atoms with Crippen molar-refractivity contribution in [3.05, 3.63) is 63.7 Å². The minimum Gasteiger partial charge on any atom is -0.355 e. The third kappa shape index (κ3) is 5.55. The predicted octanol–water partition coefficient (Wildman–Crippen LogP) is 3.60. The Hall–Kier alpha value is -1.87. The van der Waals surface area contributed by atoms with Crippen molar-refractivity contribution in [1.82, 2.24) is 10.2 Å². The van der Waals surface area contributed by atoms with E-state index in [1.54, 1.807) is 7.05 Å². The van der Waals surface area contributed by atoms with E-state index < -0.39 is 5.25 Å². The van der Waals surface area contributed by atoms with Crippen molar-refractivity contribution in [3.63, 3.8) is 0 Å². The number of thioether (sulfide) groups is 1. The van der Waals surface area contributed by atoms with Crippen molar-refractivity contribution in [2.24, 2.45) is 4.99 Å². The van der Waals surface area contributed by atoms with E-state index in [9.17, 15) is 9.59 Å². The Morgan fingerprint density at radius 2 is 1.93 bits per heavy atom. The van der Waals surface area contributed by atoms with Gasteiger partial charge in [0.15, 0.2) is 5.17 Å². The third-order valence-corrected chi connectivity index (χ3v) is 6.13. The molecule has 7 heteroatoms. The van der Waals surface area contributed by atoms with Crippen molar-refractivity contribution >= 4 is 57.0 Å². The highest BCUT2D eigenvalue weighted by Gasteiger charge is 2.33. The van der Waals surface area contributed by atoms with Gasteiger partial charge in [0.1, 0.15) is 0 Å². The molecule has 5 nitrogen and oxygen atoms in total. The molecule has 2 aromatic carbocycles. The number of hydrogen-bond acceptors (Lipinski definition) is 4. The van der Waals surface area contributed by atoms with Crippen LogP contribution >= 0.6 is 34.4 Å². The van der Waals surface area contributed by atoms with E-state index in [1.807, 2.05) is 54.6 Å². The van der Waals surface area contributed by atoms with Crippen LogP contribution < -0.4 is 5.32 Å². The molecule has 0 radical (unpaired) electrons. The summed E-state index contributed by atoms with van der Waals surface area (Å²) in [5.41, 5.74) is 1.94. The van der Waals surface area contributed by atoms with E-state index in [4.69, 9.17) is 0 Å². The van der Waals surface area contributed by atoms with Crippen molar-refractivity contribution < 1.29 is 9.59 Å². The van der Waals surface area contributed by atoms with Crippen LogP contribution in [0, 0.1) is 3.57 Å². The van der Waals surface area contributed by atoms with Gasteiger partial charge in [0.25, 0.3) is 0 Å². The molecule has 1 heterocycles. The Morgan fingerprint density at radius 3 is 2.63 bits per heavy atom. The Labute approximate surface area is 176 Å². The van der Waals surface area contributed by atoms with Crippen LogP contribution in [0.4, 0.5) is 5.69 Å². The quantitative estimate of drug-likeness (QED) is 0.648. The molecule has 0 aliphatic carbocycles. The fourth-order valence-corrected chi connectivity index (χ4v) is 4.06. The molecule has 1 saturated heterocycles. The molecule has 140 valence electrons. The summed E-state index contributed by atoms with van der Waals surface area (Å²) in [7, 11) is 1.70. The van der Waals surface area contributed by atoms with E-state index in [0.29, 0.717) is 11.7 Å². The zero-order chi connectivity index (χ0) is 19.2. The van der Waals surface area contributed by atoms with E-state index in [0.717, 1.165) is 15.7 Å². The highest BCUT2D eigenvalue weighted by molar-refractivity contribution is 14.1. The zero-order valence-electron chi connectivity index (χ0n) is 14.9. The molecule has 1 aliphatic rings. The molecule has 0 bridgehead atoms. The van der Waals surface area contributed by atoms with E-state index in [2.05, 4.69) is 32.9 Å². The van der Waals surface area contributed by atoms with Gasteiger partial charge in [-0.25, -0.2) is 4.99 Å². The minimum absolute atomic E-state index is 0.0961. The van der Waals surface area contributed by atoms with E-state index in [-0.39, 0.29) is 18.2 Å². The van der Waals surface area contributed by atoms with Crippen molar-refractivity contribution in [3.8, 4) is 0 Å². The highest BCUT2D eigenvalue weighted by Crippen LogP contribution is 2.28. The maximum atomic E-state index is 12.5. The lowest BCUT2D eigenvalue weighted by Gasteiger charge is -2.28. The molecular weight excluding hydrogens is 473 g/mol. The fraction of sp³-hybridized carbons (Fsp3) is 0.250. The number of carbonyl (C=O) groups excluding carboxylic acids is 2. The lowest BCUT2D eigenvalue weighted by molar-refractivity contribution is -0.129. The van der Waals surface area contributed by atoms with Crippen LogP contribution in [0.1, 0.15) is 12.0 Å². The van der Waals surface area contributed by atoms with Crippen molar-refractivity contribution in [2.45, 2.75) is 18.1 Å². The summed E-state index contributed by atoms with van der Waals surface area (Å²) < 4.78 is 1.12. The van der Waals surface area contributed by atoms with Crippen molar-refractivity contribution in [1.29, 1.82) is 0 Å². The number of amides is 2. The molecule has 0 unspecified atom stereocenters. The molecular formula is C20H20IN3O2S. The van der Waals surface area contributed by atoms with Gasteiger partial charge in [-0.15, -0.1) is 0 Å². The summed E-state index contributed by atoms with van der Waals surface area (Å²) in [5, 5.41) is 3.04. The number of benzene rings is 2. The fourth-order valence-electron chi connectivity index (χ4n) is 2.61. The molecule has 27 heavy (non-hydrogen) atoms. The van der Waals surface area contributed by atoms with Crippen molar-refractivity contribution in [2.75, 3.05) is 13.6 Å². The van der Waals surface area contributed by atoms with Crippen LogP contribution in [-0.2, 0) is 16.0 Å². The van der Waals surface area contributed by atoms with E-state index in [1.165, 1.54) is 22.2 Å². The largest absolute Gasteiger partial charge is 0.355 e. The molecule has 1 N–H and O–H groups in total. The van der Waals surface area contributed by atoms with Gasteiger partial charge in [0.05, 0.1) is 10.9 Å². The average molecular weight is 493 g/mol. The Bertz CT molecular complexity index is 840. The van der Waals surface area contributed by atoms with Gasteiger partial charge >= 0.3 is 0 Å². The number of nitrogens with one attached hydrogen (secondary N) is 1. The van der Waals surface area contributed by atoms with E-state index >= 15 is 0 Å². The number of nitrogens with zero attached hydrogens (tertiary/aromatic N) is 2. The van der Waals surface area contributed by atoms with Gasteiger partial charge in [-0.1, -0.05) is 42.1 Å². The summed E-state index contributed by atoms with van der Waals surface area (Å²) in [6, 6.07) is 17.7. The number of rotatable bonds is 5. The first kappa shape index (κ1) is 19.9. The summed E-state index contributed by atoms with van der Waals surface area (Å²) in [6.45, 7) is 0.549. The standard InChI is InChI=1S/C20H20IN3O2S/c1-24-18(25)13-17(19(26)22-12-11-14-5-3-2-4-6-14)27-20(24)23-16-9-7-15(21)8-10-16/h2-10,17H,11-13H2,1H3,(H,22,26)/t17-/m0/s1. The molecule has 2 amide bonds. The topological polar surface area (TPSA) is 61.8 Å². The molecule has 0 spiro atoms. The zero-order valence-corrected chi connectivity index (χ0v) is 17.9. The van der Waals surface area contributed by atoms with Crippen LogP contribution in [-0.4, -0.2) is 40.7 Å². The maximum Gasteiger partial charge on any atom is 0.234 e. The number of hydrogen-bond donors (Lipinski definition) is 1. The SMILES string of the molecule is CN1C(=O)C[C@@H](C(=O)NCCc2ccccc2)SC1=Nc1ccc(I)cc1. The van der Waals surface area contributed by atoms with Crippen LogP contribution in [0.2, 0.25) is 0 Å². The lowest BCUT2D eigenvalue weighted by atomic mass is 10.1. The molecule has 1 fully saturated rings. The summed E-state index contributed by atoms with van der Waals surface area (Å²) >= 11 is 3.57. The normalized spacial score (nSPS) is 18.6. The number of halogens is 1. The van der Waals surface area contributed by atoms with Gasteiger partial charge in [-0.3, -0.25) is 14.5 Å². The number of amidine groups is 1.